The molecular weight excluding hydrogens is 160 g/mol. The molecule has 1 aromatic rings. The molecule has 0 heterocycles. The van der Waals surface area contributed by atoms with E-state index in [4.69, 9.17) is 4.74 Å². The van der Waals surface area contributed by atoms with Crippen LogP contribution in [0.4, 0.5) is 0 Å². The smallest absolute Gasteiger partial charge is 0.119 e. The van der Waals surface area contributed by atoms with Gasteiger partial charge < -0.3 is 4.74 Å². The van der Waals surface area contributed by atoms with Gasteiger partial charge in [-0.15, -0.1) is 0 Å². The Morgan fingerprint density at radius 2 is 1.77 bits per heavy atom. The van der Waals surface area contributed by atoms with Crippen LogP contribution in [0.2, 0.25) is 0 Å². The maximum atomic E-state index is 5.53. The molecule has 1 aromatic carbocycles. The highest BCUT2D eigenvalue weighted by molar-refractivity contribution is 5.21. The summed E-state index contributed by atoms with van der Waals surface area (Å²) in [6, 6.07) is 9.88. The minimum absolute atomic E-state index is 0.231. The van der Waals surface area contributed by atoms with E-state index in [1.807, 2.05) is 30.3 Å². The molecule has 0 aromatic heterocycles. The molecule has 1 heteroatoms. The average molecular weight is 177 g/mol. The molecule has 0 amide bonds. The van der Waals surface area contributed by atoms with Crippen molar-refractivity contribution in [2.75, 3.05) is 6.61 Å². The lowest BCUT2D eigenvalue weighted by atomic mass is 9.93. The summed E-state index contributed by atoms with van der Waals surface area (Å²) in [7, 11) is 0. The van der Waals surface area contributed by atoms with Crippen molar-refractivity contribution in [2.45, 2.75) is 20.8 Å². The third-order valence-electron chi connectivity index (χ3n) is 1.69. The molecular formula is C12H17O. The molecule has 1 nitrogen and oxygen atoms in total. The molecule has 0 saturated heterocycles. The van der Waals surface area contributed by atoms with E-state index in [1.165, 1.54) is 0 Å². The van der Waals surface area contributed by atoms with Crippen LogP contribution in [0.3, 0.4) is 0 Å². The fourth-order valence-corrected chi connectivity index (χ4v) is 0.905. The van der Waals surface area contributed by atoms with E-state index < -0.39 is 0 Å². The van der Waals surface area contributed by atoms with Crippen molar-refractivity contribution in [2.24, 2.45) is 5.41 Å². The van der Waals surface area contributed by atoms with Crippen LogP contribution in [0, 0.1) is 11.8 Å². The maximum Gasteiger partial charge on any atom is 0.119 e. The molecule has 1 rings (SSSR count). The Morgan fingerprint density at radius 3 is 2.31 bits per heavy atom. The Kier molecular flexibility index (Phi) is 3.35. The predicted octanol–water partition coefficient (Wildman–Crippen LogP) is 3.32. The first-order valence-electron chi connectivity index (χ1n) is 4.60. The fourth-order valence-electron chi connectivity index (χ4n) is 0.905. The van der Waals surface area contributed by atoms with Crippen LogP contribution in [-0.4, -0.2) is 6.61 Å². The van der Waals surface area contributed by atoms with Crippen LogP contribution in [-0.2, 0) is 0 Å². The number of para-hydroxylation sites is 1. The molecule has 0 atom stereocenters. The molecule has 1 radical (unpaired) electrons. The van der Waals surface area contributed by atoms with E-state index >= 15 is 0 Å². The van der Waals surface area contributed by atoms with Crippen molar-refractivity contribution in [3.8, 4) is 5.75 Å². The first kappa shape index (κ1) is 10.1. The highest BCUT2D eigenvalue weighted by Gasteiger charge is 2.09. The Balaban J connectivity index is 2.29. The van der Waals surface area contributed by atoms with Crippen LogP contribution in [0.5, 0.6) is 5.75 Å². The van der Waals surface area contributed by atoms with E-state index in [1.54, 1.807) is 0 Å². The van der Waals surface area contributed by atoms with Crippen molar-refractivity contribution in [1.29, 1.82) is 0 Å². The monoisotopic (exact) mass is 177 g/mol. The fraction of sp³-hybridized carbons (Fsp3) is 0.417. The summed E-state index contributed by atoms with van der Waals surface area (Å²) in [6.07, 6.45) is 2.17. The number of ether oxygens (including phenoxy) is 1. The molecule has 0 aliphatic carbocycles. The van der Waals surface area contributed by atoms with Crippen LogP contribution in [0.1, 0.15) is 20.8 Å². The molecule has 0 saturated carbocycles. The lowest BCUT2D eigenvalue weighted by Gasteiger charge is -2.17. The van der Waals surface area contributed by atoms with E-state index in [0.717, 1.165) is 5.75 Å². The zero-order chi connectivity index (χ0) is 9.73. The molecule has 0 fully saturated rings. The third kappa shape index (κ3) is 4.56. The minimum Gasteiger partial charge on any atom is -0.493 e. The van der Waals surface area contributed by atoms with Gasteiger partial charge >= 0.3 is 0 Å². The minimum atomic E-state index is 0.231. The molecule has 0 bridgehead atoms. The summed E-state index contributed by atoms with van der Waals surface area (Å²) in [6.45, 7) is 7.18. The van der Waals surface area contributed by atoms with Gasteiger partial charge in [-0.2, -0.15) is 0 Å². The second kappa shape index (κ2) is 4.31. The summed E-state index contributed by atoms with van der Waals surface area (Å²) in [5.74, 6) is 0.933. The third-order valence-corrected chi connectivity index (χ3v) is 1.69. The van der Waals surface area contributed by atoms with Crippen molar-refractivity contribution in [1.82, 2.24) is 0 Å². The SMILES string of the molecule is CC(C)(C)[CH]COc1ccccc1. The molecule has 0 aliphatic heterocycles. The van der Waals surface area contributed by atoms with Gasteiger partial charge in [-0.1, -0.05) is 39.0 Å². The van der Waals surface area contributed by atoms with E-state index in [0.29, 0.717) is 6.61 Å². The summed E-state index contributed by atoms with van der Waals surface area (Å²) in [4.78, 5) is 0. The summed E-state index contributed by atoms with van der Waals surface area (Å²) >= 11 is 0. The second-order valence-corrected chi connectivity index (χ2v) is 4.19. The van der Waals surface area contributed by atoms with Crippen LogP contribution in [0.15, 0.2) is 30.3 Å². The first-order chi connectivity index (χ1) is 6.08. The first-order valence-corrected chi connectivity index (χ1v) is 4.60. The van der Waals surface area contributed by atoms with Crippen LogP contribution < -0.4 is 4.74 Å². The van der Waals surface area contributed by atoms with Crippen LogP contribution >= 0.6 is 0 Å². The predicted molar refractivity (Wildman–Crippen MR) is 55.7 cm³/mol. The zero-order valence-corrected chi connectivity index (χ0v) is 8.58. The quantitative estimate of drug-likeness (QED) is 0.688. The van der Waals surface area contributed by atoms with Crippen molar-refractivity contribution >= 4 is 0 Å². The Morgan fingerprint density at radius 1 is 1.15 bits per heavy atom. The van der Waals surface area contributed by atoms with Gasteiger partial charge in [-0.3, -0.25) is 0 Å². The van der Waals surface area contributed by atoms with Crippen molar-refractivity contribution in [3.05, 3.63) is 36.8 Å². The summed E-state index contributed by atoms with van der Waals surface area (Å²) in [5.41, 5.74) is 0.231. The number of benzene rings is 1. The van der Waals surface area contributed by atoms with Crippen molar-refractivity contribution < 1.29 is 4.74 Å². The molecule has 0 aliphatic rings. The molecule has 13 heavy (non-hydrogen) atoms. The van der Waals surface area contributed by atoms with Crippen LogP contribution in [0.25, 0.3) is 0 Å². The molecule has 0 N–H and O–H groups in total. The summed E-state index contributed by atoms with van der Waals surface area (Å²) in [5, 5.41) is 0. The second-order valence-electron chi connectivity index (χ2n) is 4.19. The number of hydrogen-bond acceptors (Lipinski definition) is 1. The van der Waals surface area contributed by atoms with Gasteiger partial charge in [-0.05, 0) is 17.5 Å². The number of rotatable bonds is 3. The Labute approximate surface area is 80.7 Å². The molecule has 0 unspecified atom stereocenters. The van der Waals surface area contributed by atoms with E-state index in [9.17, 15) is 0 Å². The topological polar surface area (TPSA) is 9.23 Å². The maximum absolute atomic E-state index is 5.53. The lowest BCUT2D eigenvalue weighted by Crippen LogP contribution is -2.12. The van der Waals surface area contributed by atoms with Gasteiger partial charge in [0.2, 0.25) is 0 Å². The molecule has 0 spiro atoms. The van der Waals surface area contributed by atoms with Gasteiger partial charge in [-0.25, -0.2) is 0 Å². The number of hydrogen-bond donors (Lipinski definition) is 0. The van der Waals surface area contributed by atoms with Gasteiger partial charge in [0, 0.05) is 6.42 Å². The molecule has 71 valence electrons. The van der Waals surface area contributed by atoms with Gasteiger partial charge in [0.1, 0.15) is 5.75 Å². The highest BCUT2D eigenvalue weighted by Crippen LogP contribution is 2.18. The van der Waals surface area contributed by atoms with E-state index in [-0.39, 0.29) is 5.41 Å². The van der Waals surface area contributed by atoms with Crippen molar-refractivity contribution in [3.63, 3.8) is 0 Å². The highest BCUT2D eigenvalue weighted by atomic mass is 16.5. The summed E-state index contributed by atoms with van der Waals surface area (Å²) < 4.78 is 5.53. The Bertz CT molecular complexity index is 233. The Hall–Kier alpha value is -0.980. The van der Waals surface area contributed by atoms with Gasteiger partial charge in [0.25, 0.3) is 0 Å². The van der Waals surface area contributed by atoms with Gasteiger partial charge in [0.05, 0.1) is 6.61 Å². The zero-order valence-electron chi connectivity index (χ0n) is 8.58. The normalized spacial score (nSPS) is 11.3. The standard InChI is InChI=1S/C12H17O/c1-12(2,3)9-10-13-11-7-5-4-6-8-11/h4-9H,10H2,1-3H3. The average Bonchev–Trinajstić information content (AvgIpc) is 2.04. The lowest BCUT2D eigenvalue weighted by molar-refractivity contribution is 0.309. The van der Waals surface area contributed by atoms with E-state index in [2.05, 4.69) is 27.2 Å². The van der Waals surface area contributed by atoms with Gasteiger partial charge in [0.15, 0.2) is 0 Å². The largest absolute Gasteiger partial charge is 0.493 e.